The van der Waals surface area contributed by atoms with Gasteiger partial charge >= 0.3 is 0 Å². The Morgan fingerprint density at radius 3 is 2.56 bits per heavy atom. The van der Waals surface area contributed by atoms with E-state index in [0.29, 0.717) is 17.4 Å². The average molecular weight is 555 g/mol. The standard InChI is InChI=1S/C29H38BN9O2/c1-19-14-38(23-6-4-20(13-31)27-22(23)5-7-24(30)33-27)16-21(41-19)15-36-8-10-37(11-9-36)28-34-25(12-26(35-28)40-3)39-17-29(2,32)18-39/h4-7,12,19,21H,8-11,14-18,30,32H2,1-3H3/t19-,21+/m1/s1. The molecule has 0 radical (unpaired) electrons. The van der Waals surface area contributed by atoms with E-state index in [9.17, 15) is 5.26 Å². The van der Waals surface area contributed by atoms with Gasteiger partial charge in [-0.05, 0) is 37.6 Å². The summed E-state index contributed by atoms with van der Waals surface area (Å²) < 4.78 is 11.9. The lowest BCUT2D eigenvalue weighted by Gasteiger charge is -2.46. The lowest BCUT2D eigenvalue weighted by molar-refractivity contribution is -0.0327. The summed E-state index contributed by atoms with van der Waals surface area (Å²) in [5.74, 6) is 2.14. The number of nitrogens with two attached hydrogens (primary N) is 1. The van der Waals surface area contributed by atoms with Crippen molar-refractivity contribution in [2.45, 2.75) is 31.6 Å². The van der Waals surface area contributed by atoms with Crippen molar-refractivity contribution in [3.05, 3.63) is 35.9 Å². The highest BCUT2D eigenvalue weighted by Gasteiger charge is 2.36. The summed E-state index contributed by atoms with van der Waals surface area (Å²) in [6.07, 6.45) is 0.172. The molecule has 0 spiro atoms. The number of hydrogen-bond donors (Lipinski definition) is 1. The van der Waals surface area contributed by atoms with Crippen LogP contribution < -0.4 is 30.8 Å². The van der Waals surface area contributed by atoms with Crippen LogP contribution in [0.2, 0.25) is 0 Å². The van der Waals surface area contributed by atoms with Crippen LogP contribution in [0.15, 0.2) is 30.3 Å². The third kappa shape index (κ3) is 5.75. The van der Waals surface area contributed by atoms with Gasteiger partial charge < -0.3 is 29.9 Å². The number of ether oxygens (including phenoxy) is 2. The molecule has 214 valence electrons. The molecule has 2 atom stereocenters. The summed E-state index contributed by atoms with van der Waals surface area (Å²) in [5, 5.41) is 10.6. The zero-order valence-electron chi connectivity index (χ0n) is 24.4. The normalized spacial score (nSPS) is 22.9. The molecule has 5 heterocycles. The first-order valence-corrected chi connectivity index (χ1v) is 14.4. The Balaban J connectivity index is 1.11. The second-order valence-electron chi connectivity index (χ2n) is 11.9. The van der Waals surface area contributed by atoms with Gasteiger partial charge in [0.15, 0.2) is 7.85 Å². The van der Waals surface area contributed by atoms with Gasteiger partial charge in [-0.15, -0.1) is 0 Å². The van der Waals surface area contributed by atoms with Crippen LogP contribution in [0.1, 0.15) is 19.4 Å². The fraction of sp³-hybridized carbons (Fsp3) is 0.517. The largest absolute Gasteiger partial charge is 0.481 e. The summed E-state index contributed by atoms with van der Waals surface area (Å²) >= 11 is 0. The number of nitriles is 1. The Labute approximate surface area is 242 Å². The first-order chi connectivity index (χ1) is 19.7. The summed E-state index contributed by atoms with van der Waals surface area (Å²) in [4.78, 5) is 23.5. The van der Waals surface area contributed by atoms with Gasteiger partial charge in [0.2, 0.25) is 11.8 Å². The van der Waals surface area contributed by atoms with Crippen molar-refractivity contribution in [3.63, 3.8) is 0 Å². The predicted molar refractivity (Wildman–Crippen MR) is 163 cm³/mol. The summed E-state index contributed by atoms with van der Waals surface area (Å²) in [7, 11) is 3.60. The lowest BCUT2D eigenvalue weighted by Crippen LogP contribution is -2.65. The van der Waals surface area contributed by atoms with Crippen LogP contribution in [0.4, 0.5) is 17.5 Å². The van der Waals surface area contributed by atoms with E-state index in [4.69, 9.17) is 20.2 Å². The zero-order valence-corrected chi connectivity index (χ0v) is 24.4. The molecular formula is C29H38BN9O2. The predicted octanol–water partition coefficient (Wildman–Crippen LogP) is 0.117. The first-order valence-electron chi connectivity index (χ1n) is 14.4. The minimum absolute atomic E-state index is 0.0751. The Morgan fingerprint density at radius 2 is 1.85 bits per heavy atom. The highest BCUT2D eigenvalue weighted by atomic mass is 16.5. The molecule has 12 heteroatoms. The highest BCUT2D eigenvalue weighted by Crippen LogP contribution is 2.31. The molecule has 2 aromatic heterocycles. The number of hydrogen-bond acceptors (Lipinski definition) is 11. The van der Waals surface area contributed by atoms with Gasteiger partial charge in [-0.2, -0.15) is 15.2 Å². The van der Waals surface area contributed by atoms with E-state index in [1.54, 1.807) is 7.11 Å². The SMILES string of the molecule is Bc1ccc2c(N3C[C@H](CN4CCN(c5nc(OC)cc(N6CC(C)(N)C6)n5)CC4)O[C@H](C)C3)ccc(C#N)c2n1. The number of rotatable bonds is 6. The molecule has 3 saturated heterocycles. The number of pyridine rings is 1. The number of methoxy groups -OCH3 is 1. The van der Waals surface area contributed by atoms with Gasteiger partial charge in [0.25, 0.3) is 0 Å². The molecule has 6 rings (SSSR count). The number of aromatic nitrogens is 3. The van der Waals surface area contributed by atoms with Crippen LogP contribution in [-0.2, 0) is 4.74 Å². The van der Waals surface area contributed by atoms with Crippen LogP contribution in [0.5, 0.6) is 5.88 Å². The van der Waals surface area contributed by atoms with Crippen LogP contribution in [0, 0.1) is 11.3 Å². The van der Waals surface area contributed by atoms with Crippen molar-refractivity contribution in [1.29, 1.82) is 5.26 Å². The minimum Gasteiger partial charge on any atom is -0.481 e. The van der Waals surface area contributed by atoms with E-state index in [1.165, 1.54) is 0 Å². The Bertz CT molecular complexity index is 1460. The lowest BCUT2D eigenvalue weighted by atomic mass is 9.94. The molecule has 11 nitrogen and oxygen atoms in total. The van der Waals surface area contributed by atoms with E-state index < -0.39 is 0 Å². The van der Waals surface area contributed by atoms with Crippen LogP contribution >= 0.6 is 0 Å². The fourth-order valence-corrected chi connectivity index (χ4v) is 6.22. The van der Waals surface area contributed by atoms with Gasteiger partial charge in [0.05, 0.1) is 30.4 Å². The minimum atomic E-state index is -0.179. The summed E-state index contributed by atoms with van der Waals surface area (Å²) in [6, 6.07) is 12.2. The maximum Gasteiger partial charge on any atom is 0.230 e. The average Bonchev–Trinajstić information content (AvgIpc) is 2.95. The number of piperazine rings is 1. The van der Waals surface area contributed by atoms with Gasteiger partial charge in [0.1, 0.15) is 11.9 Å². The third-order valence-corrected chi connectivity index (χ3v) is 8.19. The number of fused-ring (bicyclic) bond motifs is 1. The maximum absolute atomic E-state index is 9.63. The third-order valence-electron chi connectivity index (χ3n) is 8.19. The van der Waals surface area contributed by atoms with Gasteiger partial charge in [-0.3, -0.25) is 9.88 Å². The first kappa shape index (κ1) is 27.5. The zero-order chi connectivity index (χ0) is 28.7. The monoisotopic (exact) mass is 555 g/mol. The smallest absolute Gasteiger partial charge is 0.230 e. The second kappa shape index (κ2) is 11.0. The Morgan fingerprint density at radius 1 is 1.07 bits per heavy atom. The van der Waals surface area contributed by atoms with Crippen molar-refractivity contribution in [2.75, 3.05) is 80.7 Å². The van der Waals surface area contributed by atoms with Crippen LogP contribution in [0.3, 0.4) is 0 Å². The molecule has 2 N–H and O–H groups in total. The molecule has 3 aliphatic heterocycles. The fourth-order valence-electron chi connectivity index (χ4n) is 6.22. The maximum atomic E-state index is 9.63. The van der Waals surface area contributed by atoms with E-state index in [2.05, 4.69) is 61.6 Å². The summed E-state index contributed by atoms with van der Waals surface area (Å²) in [5.41, 5.74) is 9.45. The van der Waals surface area contributed by atoms with Crippen molar-refractivity contribution < 1.29 is 9.47 Å². The molecule has 0 aliphatic carbocycles. The topological polar surface area (TPSA) is 120 Å². The molecule has 0 unspecified atom stereocenters. The molecule has 41 heavy (non-hydrogen) atoms. The van der Waals surface area contributed by atoms with Crippen molar-refractivity contribution in [2.24, 2.45) is 5.73 Å². The highest BCUT2D eigenvalue weighted by molar-refractivity contribution is 6.31. The molecule has 0 amide bonds. The van der Waals surface area contributed by atoms with E-state index in [0.717, 1.165) is 86.9 Å². The van der Waals surface area contributed by atoms with Gasteiger partial charge in [0, 0.05) is 81.6 Å². The quantitative estimate of drug-likeness (QED) is 0.418. The van der Waals surface area contributed by atoms with Crippen LogP contribution in [0.25, 0.3) is 10.9 Å². The Kier molecular flexibility index (Phi) is 7.36. The molecular weight excluding hydrogens is 517 g/mol. The molecule has 0 bridgehead atoms. The summed E-state index contributed by atoms with van der Waals surface area (Å²) in [6.45, 7) is 11.6. The van der Waals surface area contributed by atoms with Crippen molar-refractivity contribution in [3.8, 4) is 11.9 Å². The number of benzene rings is 1. The van der Waals surface area contributed by atoms with Crippen molar-refractivity contribution in [1.82, 2.24) is 19.9 Å². The Hall–Kier alpha value is -3.66. The van der Waals surface area contributed by atoms with E-state index >= 15 is 0 Å². The number of nitrogens with zero attached hydrogens (tertiary/aromatic N) is 8. The van der Waals surface area contributed by atoms with Crippen molar-refractivity contribution >= 4 is 41.8 Å². The molecule has 3 fully saturated rings. The molecule has 3 aliphatic rings. The second-order valence-corrected chi connectivity index (χ2v) is 11.9. The number of anilines is 3. The van der Waals surface area contributed by atoms with Gasteiger partial charge in [-0.25, -0.2) is 0 Å². The van der Waals surface area contributed by atoms with E-state index in [-0.39, 0.29) is 17.7 Å². The molecule has 1 aromatic carbocycles. The van der Waals surface area contributed by atoms with Crippen LogP contribution in [-0.4, -0.2) is 111 Å². The van der Waals surface area contributed by atoms with E-state index in [1.807, 2.05) is 26.0 Å². The molecule has 0 saturated carbocycles. The van der Waals surface area contributed by atoms with Gasteiger partial charge in [-0.1, -0.05) is 6.07 Å². The number of morpholine rings is 1. The molecule has 3 aromatic rings.